The zero-order chi connectivity index (χ0) is 14.1. The van der Waals surface area contributed by atoms with Gasteiger partial charge in [0.05, 0.1) is 5.56 Å². The summed E-state index contributed by atoms with van der Waals surface area (Å²) < 4.78 is 6.15. The van der Waals surface area contributed by atoms with Crippen LogP contribution in [0.15, 0.2) is 45.7 Å². The first-order valence-electron chi connectivity index (χ1n) is 5.95. The molecule has 100 valence electrons. The predicted octanol–water partition coefficient (Wildman–Crippen LogP) is 3.45. The molecule has 2 heterocycles. The molecule has 0 fully saturated rings. The van der Waals surface area contributed by atoms with E-state index in [9.17, 15) is 0 Å². The zero-order valence-electron chi connectivity index (χ0n) is 10.7. The number of hydrogen-bond acceptors (Lipinski definition) is 5. The van der Waals surface area contributed by atoms with Gasteiger partial charge in [-0.05, 0) is 40.5 Å². The Labute approximate surface area is 124 Å². The molecule has 6 heteroatoms. The van der Waals surface area contributed by atoms with Gasteiger partial charge in [0.2, 0.25) is 5.82 Å². The Bertz CT molecular complexity index is 769. The molecule has 0 spiro atoms. The van der Waals surface area contributed by atoms with Crippen molar-refractivity contribution in [3.05, 3.63) is 46.7 Å². The van der Waals surface area contributed by atoms with Crippen LogP contribution in [-0.4, -0.2) is 15.1 Å². The van der Waals surface area contributed by atoms with Gasteiger partial charge in [-0.15, -0.1) is 0 Å². The SMILES string of the molecule is Cc1cccc(-c2nc(-c3cncc(Br)c3)no2)c1N. The van der Waals surface area contributed by atoms with E-state index in [2.05, 4.69) is 31.1 Å². The maximum atomic E-state index is 6.04. The zero-order valence-corrected chi connectivity index (χ0v) is 12.3. The van der Waals surface area contributed by atoms with Gasteiger partial charge in [0.1, 0.15) is 0 Å². The van der Waals surface area contributed by atoms with E-state index < -0.39 is 0 Å². The summed E-state index contributed by atoms with van der Waals surface area (Å²) in [6.45, 7) is 1.94. The van der Waals surface area contributed by atoms with Crippen molar-refractivity contribution >= 4 is 21.6 Å². The van der Waals surface area contributed by atoms with Crippen molar-refractivity contribution in [3.63, 3.8) is 0 Å². The van der Waals surface area contributed by atoms with E-state index in [1.165, 1.54) is 0 Å². The highest BCUT2D eigenvalue weighted by Crippen LogP contribution is 2.28. The minimum Gasteiger partial charge on any atom is -0.398 e. The highest BCUT2D eigenvalue weighted by atomic mass is 79.9. The molecule has 5 nitrogen and oxygen atoms in total. The van der Waals surface area contributed by atoms with Crippen LogP contribution in [-0.2, 0) is 0 Å². The monoisotopic (exact) mass is 330 g/mol. The Balaban J connectivity index is 2.04. The van der Waals surface area contributed by atoms with Crippen molar-refractivity contribution in [1.29, 1.82) is 0 Å². The summed E-state index contributed by atoms with van der Waals surface area (Å²) in [6, 6.07) is 7.58. The van der Waals surface area contributed by atoms with Crippen molar-refractivity contribution in [3.8, 4) is 22.8 Å². The van der Waals surface area contributed by atoms with Crippen LogP contribution < -0.4 is 5.73 Å². The molecule has 0 aliphatic rings. The Morgan fingerprint density at radius 3 is 2.90 bits per heavy atom. The van der Waals surface area contributed by atoms with E-state index >= 15 is 0 Å². The average Bonchev–Trinajstić information content (AvgIpc) is 2.91. The van der Waals surface area contributed by atoms with Crippen LogP contribution in [0.3, 0.4) is 0 Å². The smallest absolute Gasteiger partial charge is 0.260 e. The molecular formula is C14H11BrN4O. The number of aryl methyl sites for hydroxylation is 1. The molecule has 0 aliphatic carbocycles. The molecule has 20 heavy (non-hydrogen) atoms. The van der Waals surface area contributed by atoms with Crippen molar-refractivity contribution in [2.75, 3.05) is 5.73 Å². The van der Waals surface area contributed by atoms with Crippen LogP contribution in [0.4, 0.5) is 5.69 Å². The van der Waals surface area contributed by atoms with Gasteiger partial charge in [0, 0.05) is 28.1 Å². The molecule has 0 saturated heterocycles. The Kier molecular flexibility index (Phi) is 3.23. The number of aromatic nitrogens is 3. The fourth-order valence-corrected chi connectivity index (χ4v) is 2.22. The number of rotatable bonds is 2. The van der Waals surface area contributed by atoms with Gasteiger partial charge >= 0.3 is 0 Å². The number of pyridine rings is 1. The number of anilines is 1. The van der Waals surface area contributed by atoms with E-state index in [0.29, 0.717) is 17.4 Å². The Hall–Kier alpha value is -2.21. The largest absolute Gasteiger partial charge is 0.398 e. The summed E-state index contributed by atoms with van der Waals surface area (Å²) in [7, 11) is 0. The standard InChI is InChI=1S/C14H11BrN4O/c1-8-3-2-4-11(12(8)16)14-18-13(19-20-14)9-5-10(15)7-17-6-9/h2-7H,16H2,1H3. The van der Waals surface area contributed by atoms with Gasteiger partial charge in [0.25, 0.3) is 5.89 Å². The Morgan fingerprint density at radius 2 is 2.10 bits per heavy atom. The number of nitrogen functional groups attached to an aromatic ring is 1. The third-order valence-corrected chi connectivity index (χ3v) is 3.38. The third kappa shape index (κ3) is 2.30. The fraction of sp³-hybridized carbons (Fsp3) is 0.0714. The van der Waals surface area contributed by atoms with Gasteiger partial charge < -0.3 is 10.3 Å². The number of nitrogens with two attached hydrogens (primary N) is 1. The number of hydrogen-bond donors (Lipinski definition) is 1. The minimum atomic E-state index is 0.404. The molecular weight excluding hydrogens is 320 g/mol. The first kappa shape index (κ1) is 12.8. The van der Waals surface area contributed by atoms with Gasteiger partial charge in [-0.3, -0.25) is 4.98 Å². The molecule has 3 rings (SSSR count). The van der Waals surface area contributed by atoms with E-state index in [1.807, 2.05) is 31.2 Å². The van der Waals surface area contributed by atoms with E-state index in [1.54, 1.807) is 12.4 Å². The van der Waals surface area contributed by atoms with Crippen LogP contribution >= 0.6 is 15.9 Å². The van der Waals surface area contributed by atoms with E-state index in [0.717, 1.165) is 21.2 Å². The molecule has 0 atom stereocenters. The quantitative estimate of drug-likeness (QED) is 0.728. The maximum Gasteiger partial charge on any atom is 0.260 e. The lowest BCUT2D eigenvalue weighted by atomic mass is 10.1. The summed E-state index contributed by atoms with van der Waals surface area (Å²) in [4.78, 5) is 8.46. The number of halogens is 1. The summed E-state index contributed by atoms with van der Waals surface area (Å²) in [5, 5.41) is 3.97. The molecule has 2 N–H and O–H groups in total. The summed E-state index contributed by atoms with van der Waals surface area (Å²) in [6.07, 6.45) is 3.38. The number of nitrogens with zero attached hydrogens (tertiary/aromatic N) is 3. The minimum absolute atomic E-state index is 0.404. The van der Waals surface area contributed by atoms with E-state index in [4.69, 9.17) is 10.3 Å². The summed E-state index contributed by atoms with van der Waals surface area (Å²) in [5.74, 6) is 0.885. The van der Waals surface area contributed by atoms with Crippen molar-refractivity contribution in [2.45, 2.75) is 6.92 Å². The van der Waals surface area contributed by atoms with Crippen LogP contribution in [0, 0.1) is 6.92 Å². The van der Waals surface area contributed by atoms with Crippen molar-refractivity contribution in [1.82, 2.24) is 15.1 Å². The topological polar surface area (TPSA) is 77.8 Å². The van der Waals surface area contributed by atoms with Gasteiger partial charge in [-0.2, -0.15) is 4.98 Å². The predicted molar refractivity (Wildman–Crippen MR) is 79.8 cm³/mol. The molecule has 0 aliphatic heterocycles. The molecule has 0 unspecified atom stereocenters. The Morgan fingerprint density at radius 1 is 1.25 bits per heavy atom. The lowest BCUT2D eigenvalue weighted by molar-refractivity contribution is 0.432. The van der Waals surface area contributed by atoms with Gasteiger partial charge in [-0.1, -0.05) is 17.3 Å². The van der Waals surface area contributed by atoms with Crippen LogP contribution in [0.25, 0.3) is 22.8 Å². The summed E-state index contributed by atoms with van der Waals surface area (Å²) >= 11 is 3.36. The molecule has 0 saturated carbocycles. The van der Waals surface area contributed by atoms with Gasteiger partial charge in [-0.25, -0.2) is 0 Å². The van der Waals surface area contributed by atoms with Gasteiger partial charge in [0.15, 0.2) is 0 Å². The highest BCUT2D eigenvalue weighted by molar-refractivity contribution is 9.10. The fourth-order valence-electron chi connectivity index (χ4n) is 1.85. The average molecular weight is 331 g/mol. The molecule has 1 aromatic carbocycles. The lowest BCUT2D eigenvalue weighted by Gasteiger charge is -2.03. The molecule has 2 aromatic heterocycles. The lowest BCUT2D eigenvalue weighted by Crippen LogP contribution is -1.93. The number of para-hydroxylation sites is 1. The first-order valence-corrected chi connectivity index (χ1v) is 6.74. The third-order valence-electron chi connectivity index (χ3n) is 2.94. The second-order valence-corrected chi connectivity index (χ2v) is 5.27. The van der Waals surface area contributed by atoms with Crippen LogP contribution in [0.2, 0.25) is 0 Å². The van der Waals surface area contributed by atoms with Crippen LogP contribution in [0.1, 0.15) is 5.56 Å². The first-order chi connectivity index (χ1) is 9.65. The van der Waals surface area contributed by atoms with E-state index in [-0.39, 0.29) is 0 Å². The number of benzene rings is 1. The highest BCUT2D eigenvalue weighted by Gasteiger charge is 2.14. The maximum absolute atomic E-state index is 6.04. The molecule has 0 amide bonds. The molecule has 0 bridgehead atoms. The normalized spacial score (nSPS) is 10.7. The molecule has 0 radical (unpaired) electrons. The van der Waals surface area contributed by atoms with Crippen molar-refractivity contribution in [2.24, 2.45) is 0 Å². The second-order valence-electron chi connectivity index (χ2n) is 4.35. The summed E-state index contributed by atoms with van der Waals surface area (Å²) in [5.41, 5.74) is 9.19. The molecule has 3 aromatic rings. The van der Waals surface area contributed by atoms with Crippen molar-refractivity contribution < 1.29 is 4.52 Å². The second kappa shape index (κ2) is 5.05. The van der Waals surface area contributed by atoms with Crippen LogP contribution in [0.5, 0.6) is 0 Å².